The topological polar surface area (TPSA) is 48.1 Å². The van der Waals surface area contributed by atoms with Crippen molar-refractivity contribution in [3.05, 3.63) is 23.4 Å². The van der Waals surface area contributed by atoms with Gasteiger partial charge in [0.15, 0.2) is 0 Å². The van der Waals surface area contributed by atoms with Crippen LogP contribution in [0.15, 0.2) is 12.3 Å². The van der Waals surface area contributed by atoms with Crippen LogP contribution in [0.25, 0.3) is 0 Å². The summed E-state index contributed by atoms with van der Waals surface area (Å²) in [7, 11) is 0. The molecule has 1 aromatic heterocycles. The molecular formula is C13H18N2OS. The Morgan fingerprint density at radius 2 is 2.12 bits per heavy atom. The molecule has 0 atom stereocenters. The molecule has 0 bridgehead atoms. The number of rotatable bonds is 3. The normalized spacial score (nSPS) is 16.8. The molecule has 1 aliphatic rings. The monoisotopic (exact) mass is 250 g/mol. The van der Waals surface area contributed by atoms with Gasteiger partial charge in [0.05, 0.1) is 5.56 Å². The predicted octanol–water partition coefficient (Wildman–Crippen LogP) is 2.74. The molecule has 3 nitrogen and oxygen atoms in total. The Bertz CT molecular complexity index is 414. The standard InChI is InChI=1S/C13H18N2OS/c1-9-7-8-15-13(11(9)12(14)17)16-10-5-3-2-4-6-10/h7-8,10H,2-6H2,1H3,(H2,14,17). The van der Waals surface area contributed by atoms with Crippen molar-refractivity contribution < 1.29 is 4.74 Å². The van der Waals surface area contributed by atoms with Crippen LogP contribution in [0.1, 0.15) is 43.2 Å². The van der Waals surface area contributed by atoms with E-state index in [-0.39, 0.29) is 6.10 Å². The molecule has 92 valence electrons. The van der Waals surface area contributed by atoms with E-state index < -0.39 is 0 Å². The van der Waals surface area contributed by atoms with Crippen molar-refractivity contribution in [2.24, 2.45) is 5.73 Å². The van der Waals surface area contributed by atoms with E-state index in [0.29, 0.717) is 10.9 Å². The van der Waals surface area contributed by atoms with Crippen molar-refractivity contribution in [2.45, 2.75) is 45.1 Å². The highest BCUT2D eigenvalue weighted by atomic mass is 32.1. The molecule has 0 spiro atoms. The summed E-state index contributed by atoms with van der Waals surface area (Å²) in [5.74, 6) is 0.601. The van der Waals surface area contributed by atoms with Crippen LogP contribution in [0.5, 0.6) is 5.88 Å². The first-order chi connectivity index (χ1) is 8.18. The van der Waals surface area contributed by atoms with Gasteiger partial charge in [0, 0.05) is 6.20 Å². The van der Waals surface area contributed by atoms with E-state index in [1.165, 1.54) is 19.3 Å². The highest BCUT2D eigenvalue weighted by molar-refractivity contribution is 7.80. The molecule has 1 aliphatic carbocycles. The number of aryl methyl sites for hydroxylation is 1. The summed E-state index contributed by atoms with van der Waals surface area (Å²) in [5.41, 5.74) is 7.54. The number of hydrogen-bond acceptors (Lipinski definition) is 3. The third-order valence-corrected chi connectivity index (χ3v) is 3.41. The van der Waals surface area contributed by atoms with Gasteiger partial charge in [-0.05, 0) is 44.2 Å². The van der Waals surface area contributed by atoms with Crippen molar-refractivity contribution in [1.29, 1.82) is 0 Å². The van der Waals surface area contributed by atoms with Crippen LogP contribution in [0.2, 0.25) is 0 Å². The third-order valence-electron chi connectivity index (χ3n) is 3.20. The van der Waals surface area contributed by atoms with Gasteiger partial charge >= 0.3 is 0 Å². The lowest BCUT2D eigenvalue weighted by atomic mass is 9.98. The molecule has 4 heteroatoms. The first-order valence-corrected chi connectivity index (χ1v) is 6.51. The Kier molecular flexibility index (Phi) is 3.94. The average molecular weight is 250 g/mol. The molecule has 17 heavy (non-hydrogen) atoms. The predicted molar refractivity (Wildman–Crippen MR) is 72.4 cm³/mol. The summed E-state index contributed by atoms with van der Waals surface area (Å²) in [6.07, 6.45) is 8.00. The van der Waals surface area contributed by atoms with Crippen LogP contribution >= 0.6 is 12.2 Å². The van der Waals surface area contributed by atoms with E-state index in [1.54, 1.807) is 6.20 Å². The minimum atomic E-state index is 0.270. The molecule has 0 amide bonds. The molecule has 2 N–H and O–H groups in total. The zero-order valence-electron chi connectivity index (χ0n) is 10.1. The van der Waals surface area contributed by atoms with E-state index in [9.17, 15) is 0 Å². The Labute approximate surface area is 107 Å². The molecule has 0 unspecified atom stereocenters. The summed E-state index contributed by atoms with van der Waals surface area (Å²) in [6.45, 7) is 1.98. The summed E-state index contributed by atoms with van der Waals surface area (Å²) < 4.78 is 5.95. The van der Waals surface area contributed by atoms with Gasteiger partial charge in [-0.25, -0.2) is 4.98 Å². The fourth-order valence-corrected chi connectivity index (χ4v) is 2.51. The zero-order chi connectivity index (χ0) is 12.3. The minimum absolute atomic E-state index is 0.270. The average Bonchev–Trinajstić information content (AvgIpc) is 2.30. The molecule has 0 saturated heterocycles. The van der Waals surface area contributed by atoms with Gasteiger partial charge in [-0.2, -0.15) is 0 Å². The number of hydrogen-bond donors (Lipinski definition) is 1. The molecule has 0 aromatic carbocycles. The number of pyridine rings is 1. The van der Waals surface area contributed by atoms with Crippen molar-refractivity contribution >= 4 is 17.2 Å². The summed E-state index contributed by atoms with van der Waals surface area (Å²) in [5, 5.41) is 0. The SMILES string of the molecule is Cc1ccnc(OC2CCCCC2)c1C(N)=S. The van der Waals surface area contributed by atoms with Crippen LogP contribution in [0.3, 0.4) is 0 Å². The third kappa shape index (κ3) is 2.94. The van der Waals surface area contributed by atoms with E-state index in [0.717, 1.165) is 24.0 Å². The number of ether oxygens (including phenoxy) is 1. The molecule has 0 aliphatic heterocycles. The number of aromatic nitrogens is 1. The number of nitrogens with zero attached hydrogens (tertiary/aromatic N) is 1. The van der Waals surface area contributed by atoms with Crippen LogP contribution in [-0.2, 0) is 0 Å². The van der Waals surface area contributed by atoms with Gasteiger partial charge in [0.2, 0.25) is 5.88 Å². The quantitative estimate of drug-likeness (QED) is 0.838. The maximum atomic E-state index is 5.95. The highest BCUT2D eigenvalue weighted by Crippen LogP contribution is 2.25. The molecule has 1 saturated carbocycles. The first kappa shape index (κ1) is 12.3. The largest absolute Gasteiger partial charge is 0.474 e. The smallest absolute Gasteiger partial charge is 0.224 e. The lowest BCUT2D eigenvalue weighted by Gasteiger charge is -2.23. The molecule has 1 aromatic rings. The molecule has 1 fully saturated rings. The molecule has 2 rings (SSSR count). The van der Waals surface area contributed by atoms with Gasteiger partial charge in [-0.1, -0.05) is 18.6 Å². The Balaban J connectivity index is 2.19. The lowest BCUT2D eigenvalue weighted by molar-refractivity contribution is 0.148. The van der Waals surface area contributed by atoms with E-state index in [1.807, 2.05) is 13.0 Å². The van der Waals surface area contributed by atoms with Crippen LogP contribution in [0, 0.1) is 6.92 Å². The van der Waals surface area contributed by atoms with Gasteiger partial charge < -0.3 is 10.5 Å². The van der Waals surface area contributed by atoms with Gasteiger partial charge in [0.1, 0.15) is 11.1 Å². The zero-order valence-corrected chi connectivity index (χ0v) is 10.9. The fraction of sp³-hybridized carbons (Fsp3) is 0.538. The Morgan fingerprint density at radius 1 is 1.41 bits per heavy atom. The van der Waals surface area contributed by atoms with Crippen LogP contribution in [-0.4, -0.2) is 16.1 Å². The second-order valence-corrected chi connectivity index (χ2v) is 4.99. The van der Waals surface area contributed by atoms with E-state index in [2.05, 4.69) is 4.98 Å². The minimum Gasteiger partial charge on any atom is -0.474 e. The van der Waals surface area contributed by atoms with Gasteiger partial charge in [-0.3, -0.25) is 0 Å². The Morgan fingerprint density at radius 3 is 2.76 bits per heavy atom. The summed E-state index contributed by atoms with van der Waals surface area (Å²) in [6, 6.07) is 1.90. The summed E-state index contributed by atoms with van der Waals surface area (Å²) in [4.78, 5) is 4.63. The van der Waals surface area contributed by atoms with Crippen molar-refractivity contribution in [1.82, 2.24) is 4.98 Å². The fourth-order valence-electron chi connectivity index (χ4n) is 2.26. The second-order valence-electron chi connectivity index (χ2n) is 4.55. The van der Waals surface area contributed by atoms with Gasteiger partial charge in [0.25, 0.3) is 0 Å². The van der Waals surface area contributed by atoms with Crippen LogP contribution in [0.4, 0.5) is 0 Å². The first-order valence-electron chi connectivity index (χ1n) is 6.10. The number of thiocarbonyl (C=S) groups is 1. The highest BCUT2D eigenvalue weighted by Gasteiger charge is 2.18. The maximum Gasteiger partial charge on any atom is 0.224 e. The van der Waals surface area contributed by atoms with Crippen molar-refractivity contribution in [3.63, 3.8) is 0 Å². The van der Waals surface area contributed by atoms with Gasteiger partial charge in [-0.15, -0.1) is 0 Å². The lowest BCUT2D eigenvalue weighted by Crippen LogP contribution is -2.23. The summed E-state index contributed by atoms with van der Waals surface area (Å²) >= 11 is 5.06. The van der Waals surface area contributed by atoms with Crippen molar-refractivity contribution in [2.75, 3.05) is 0 Å². The van der Waals surface area contributed by atoms with Crippen molar-refractivity contribution in [3.8, 4) is 5.88 Å². The Hall–Kier alpha value is -1.16. The molecule has 0 radical (unpaired) electrons. The maximum absolute atomic E-state index is 5.95. The van der Waals surface area contributed by atoms with E-state index in [4.69, 9.17) is 22.7 Å². The molecular weight excluding hydrogens is 232 g/mol. The molecule has 1 heterocycles. The van der Waals surface area contributed by atoms with Crippen LogP contribution < -0.4 is 10.5 Å². The number of nitrogens with two attached hydrogens (primary N) is 1. The van der Waals surface area contributed by atoms with E-state index >= 15 is 0 Å². The second kappa shape index (κ2) is 5.45.